The van der Waals surface area contributed by atoms with Gasteiger partial charge in [0.15, 0.2) is 9.84 Å². The molecule has 1 aromatic carbocycles. The smallest absolute Gasteiger partial charge is 0.410 e. The van der Waals surface area contributed by atoms with Crippen molar-refractivity contribution in [2.45, 2.75) is 69.0 Å². The Hall–Kier alpha value is -3.02. The summed E-state index contributed by atoms with van der Waals surface area (Å²) in [7, 11) is -3.58. The minimum atomic E-state index is -3.58. The number of carbonyl (C=O) groups is 2. The molecule has 2 aromatic rings. The van der Waals surface area contributed by atoms with E-state index in [2.05, 4.69) is 10.1 Å². The Bertz CT molecular complexity index is 1230. The highest BCUT2D eigenvalue weighted by molar-refractivity contribution is 7.90. The van der Waals surface area contributed by atoms with Crippen molar-refractivity contribution in [2.24, 2.45) is 0 Å². The van der Waals surface area contributed by atoms with Crippen molar-refractivity contribution in [3.63, 3.8) is 0 Å². The molecule has 4 rings (SSSR count). The van der Waals surface area contributed by atoms with Crippen molar-refractivity contribution < 1.29 is 31.7 Å². The van der Waals surface area contributed by atoms with Crippen LogP contribution in [0.3, 0.4) is 0 Å². The van der Waals surface area contributed by atoms with Crippen LogP contribution in [0.15, 0.2) is 27.6 Å². The van der Waals surface area contributed by atoms with Crippen LogP contribution in [-0.2, 0) is 14.6 Å². The van der Waals surface area contributed by atoms with E-state index in [1.807, 2.05) is 20.8 Å². The number of piperidine rings is 1. The van der Waals surface area contributed by atoms with E-state index in [0.29, 0.717) is 25.9 Å². The molecule has 2 heterocycles. The lowest BCUT2D eigenvalue weighted by Gasteiger charge is -2.38. The zero-order valence-electron chi connectivity index (χ0n) is 20.2. The van der Waals surface area contributed by atoms with E-state index in [0.717, 1.165) is 25.2 Å². The molecule has 190 valence electrons. The number of halogens is 1. The maximum absolute atomic E-state index is 14.5. The fourth-order valence-corrected chi connectivity index (χ4v) is 4.70. The van der Waals surface area contributed by atoms with Crippen LogP contribution < -0.4 is 0 Å². The molecule has 1 aliphatic carbocycles. The third-order valence-corrected chi connectivity index (χ3v) is 7.01. The summed E-state index contributed by atoms with van der Waals surface area (Å²) in [5.74, 6) is -1.65. The molecule has 35 heavy (non-hydrogen) atoms. The highest BCUT2D eigenvalue weighted by atomic mass is 32.2. The Kier molecular flexibility index (Phi) is 6.60. The molecule has 12 heteroatoms. The van der Waals surface area contributed by atoms with Crippen molar-refractivity contribution in [2.75, 3.05) is 19.3 Å². The number of aromatic nitrogens is 2. The highest BCUT2D eigenvalue weighted by Gasteiger charge is 2.41. The molecule has 1 saturated carbocycles. The molecule has 0 radical (unpaired) electrons. The molecule has 2 amide bonds. The van der Waals surface area contributed by atoms with E-state index in [-0.39, 0.29) is 40.4 Å². The van der Waals surface area contributed by atoms with Crippen molar-refractivity contribution in [3.8, 4) is 11.5 Å². The van der Waals surface area contributed by atoms with Crippen molar-refractivity contribution in [1.82, 2.24) is 19.9 Å². The summed E-state index contributed by atoms with van der Waals surface area (Å²) >= 11 is 0. The molecular formula is C23H29FN4O6S. The number of nitrogens with zero attached hydrogens (tertiary/aromatic N) is 4. The summed E-state index contributed by atoms with van der Waals surface area (Å²) in [6.07, 6.45) is 3.53. The number of ether oxygens (including phenoxy) is 1. The Labute approximate surface area is 203 Å². The molecule has 1 aromatic heterocycles. The predicted octanol–water partition coefficient (Wildman–Crippen LogP) is 3.28. The van der Waals surface area contributed by atoms with Crippen LogP contribution in [0.4, 0.5) is 9.18 Å². The Morgan fingerprint density at radius 2 is 1.77 bits per heavy atom. The van der Waals surface area contributed by atoms with E-state index in [1.165, 1.54) is 12.1 Å². The average Bonchev–Trinajstić information content (AvgIpc) is 3.47. The zero-order chi connectivity index (χ0) is 25.5. The van der Waals surface area contributed by atoms with Gasteiger partial charge in [-0.25, -0.2) is 17.6 Å². The third-order valence-electron chi connectivity index (χ3n) is 5.90. The zero-order valence-corrected chi connectivity index (χ0v) is 21.0. The Balaban J connectivity index is 1.47. The monoisotopic (exact) mass is 508 g/mol. The van der Waals surface area contributed by atoms with Gasteiger partial charge < -0.3 is 19.1 Å². The van der Waals surface area contributed by atoms with Crippen LogP contribution in [0.25, 0.3) is 11.5 Å². The van der Waals surface area contributed by atoms with Gasteiger partial charge in [-0.3, -0.25) is 4.79 Å². The quantitative estimate of drug-likeness (QED) is 0.603. The van der Waals surface area contributed by atoms with Crippen LogP contribution in [0.5, 0.6) is 0 Å². The van der Waals surface area contributed by atoms with E-state index in [9.17, 15) is 22.4 Å². The lowest BCUT2D eigenvalue weighted by Crippen LogP contribution is -2.50. The Morgan fingerprint density at radius 1 is 1.14 bits per heavy atom. The second kappa shape index (κ2) is 9.21. The van der Waals surface area contributed by atoms with Gasteiger partial charge in [0.05, 0.1) is 10.5 Å². The first-order valence-electron chi connectivity index (χ1n) is 11.5. The summed E-state index contributed by atoms with van der Waals surface area (Å²) in [5.41, 5.74) is -0.669. The molecular weight excluding hydrogens is 479 g/mol. The summed E-state index contributed by atoms with van der Waals surface area (Å²) in [6, 6.07) is 3.33. The molecule has 2 fully saturated rings. The van der Waals surface area contributed by atoms with Gasteiger partial charge in [-0.1, -0.05) is 5.16 Å². The van der Waals surface area contributed by atoms with E-state index in [1.54, 1.807) is 9.80 Å². The van der Waals surface area contributed by atoms with Crippen molar-refractivity contribution in [1.29, 1.82) is 0 Å². The number of benzene rings is 1. The van der Waals surface area contributed by atoms with Crippen LogP contribution in [-0.4, -0.2) is 77.4 Å². The third kappa shape index (κ3) is 5.80. The summed E-state index contributed by atoms with van der Waals surface area (Å²) < 4.78 is 48.4. The fraction of sp³-hybridized carbons (Fsp3) is 0.565. The second-order valence-corrected chi connectivity index (χ2v) is 12.0. The number of likely N-dealkylation sites (tertiary alicyclic amines) is 1. The van der Waals surface area contributed by atoms with Gasteiger partial charge in [0.2, 0.25) is 0 Å². The summed E-state index contributed by atoms with van der Waals surface area (Å²) in [6.45, 7) is 6.37. The number of amides is 2. The molecule has 0 bridgehead atoms. The first kappa shape index (κ1) is 25.1. The van der Waals surface area contributed by atoms with Crippen molar-refractivity contribution in [3.05, 3.63) is 29.8 Å². The molecule has 0 unspecified atom stereocenters. The number of hydrogen-bond donors (Lipinski definition) is 0. The number of rotatable bonds is 5. The van der Waals surface area contributed by atoms with Gasteiger partial charge in [0, 0.05) is 31.4 Å². The summed E-state index contributed by atoms with van der Waals surface area (Å²) in [5, 5.41) is 3.77. The minimum Gasteiger partial charge on any atom is -0.444 e. The van der Waals surface area contributed by atoms with Crippen LogP contribution in [0.1, 0.15) is 57.1 Å². The van der Waals surface area contributed by atoms with Gasteiger partial charge in [0.25, 0.3) is 17.6 Å². The summed E-state index contributed by atoms with van der Waals surface area (Å²) in [4.78, 5) is 33.0. The highest BCUT2D eigenvalue weighted by Crippen LogP contribution is 2.33. The Morgan fingerprint density at radius 3 is 2.31 bits per heavy atom. The maximum Gasteiger partial charge on any atom is 0.410 e. The lowest BCUT2D eigenvalue weighted by atomic mass is 10.0. The largest absolute Gasteiger partial charge is 0.444 e. The van der Waals surface area contributed by atoms with Gasteiger partial charge in [0.1, 0.15) is 11.4 Å². The molecule has 0 atom stereocenters. The first-order chi connectivity index (χ1) is 16.3. The van der Waals surface area contributed by atoms with E-state index < -0.39 is 27.2 Å². The molecule has 1 aliphatic heterocycles. The van der Waals surface area contributed by atoms with Crippen LogP contribution in [0, 0.1) is 5.82 Å². The average molecular weight is 509 g/mol. The predicted molar refractivity (Wildman–Crippen MR) is 123 cm³/mol. The maximum atomic E-state index is 14.5. The first-order valence-corrected chi connectivity index (χ1v) is 13.4. The number of hydrogen-bond acceptors (Lipinski definition) is 8. The van der Waals surface area contributed by atoms with Crippen LogP contribution in [0.2, 0.25) is 0 Å². The molecule has 2 aliphatic rings. The SMILES string of the molecule is CC(C)(C)OC(=O)N1CCC(N(C(=O)c2noc(-c3ccc(S(C)(=O)=O)cc3F)n2)C2CC2)CC1. The normalized spacial score (nSPS) is 17.3. The minimum absolute atomic E-state index is 0.0632. The van der Waals surface area contributed by atoms with E-state index in [4.69, 9.17) is 9.26 Å². The van der Waals surface area contributed by atoms with Gasteiger partial charge in [-0.05, 0) is 64.7 Å². The van der Waals surface area contributed by atoms with Crippen LogP contribution >= 0.6 is 0 Å². The number of carbonyl (C=O) groups excluding carboxylic acids is 2. The van der Waals surface area contributed by atoms with Gasteiger partial charge >= 0.3 is 6.09 Å². The number of sulfone groups is 1. The fourth-order valence-electron chi connectivity index (χ4n) is 4.07. The van der Waals surface area contributed by atoms with E-state index >= 15 is 0 Å². The molecule has 0 spiro atoms. The second-order valence-electron chi connectivity index (χ2n) is 9.98. The molecule has 1 saturated heterocycles. The van der Waals surface area contributed by atoms with Gasteiger partial charge in [-0.2, -0.15) is 4.98 Å². The lowest BCUT2D eigenvalue weighted by molar-refractivity contribution is 0.0140. The topological polar surface area (TPSA) is 123 Å². The van der Waals surface area contributed by atoms with Crippen molar-refractivity contribution >= 4 is 21.8 Å². The molecule has 0 N–H and O–H groups in total. The molecule has 10 nitrogen and oxygen atoms in total. The standard InChI is InChI=1S/C23H29FN4O6S/c1-23(2,3)33-22(30)27-11-9-15(10-12-27)28(14-5-6-14)21(29)19-25-20(34-26-19)17-8-7-16(13-18(17)24)35(4,31)32/h7-8,13-15H,5-6,9-12H2,1-4H3. The van der Waals surface area contributed by atoms with Gasteiger partial charge in [-0.15, -0.1) is 0 Å².